The van der Waals surface area contributed by atoms with Gasteiger partial charge in [0.1, 0.15) is 5.60 Å². The van der Waals surface area contributed by atoms with Crippen LogP contribution < -0.4 is 16.0 Å². The number of amides is 1. The number of halogens is 1. The smallest absolute Gasteiger partial charge is 0.408 e. The van der Waals surface area contributed by atoms with E-state index in [9.17, 15) is 4.79 Å². The Morgan fingerprint density at radius 2 is 1.75 bits per heavy atom. The fourth-order valence-electron chi connectivity index (χ4n) is 2.98. The molecular weight excluding hydrogens is 519 g/mol. The third kappa shape index (κ3) is 9.05. The van der Waals surface area contributed by atoms with Crippen LogP contribution in [-0.2, 0) is 18.3 Å². The van der Waals surface area contributed by atoms with E-state index in [2.05, 4.69) is 52.0 Å². The number of carbonyl (C=O) groups excluding carboxylic acids is 1. The summed E-state index contributed by atoms with van der Waals surface area (Å²) >= 11 is 0. The first-order valence-electron chi connectivity index (χ1n) is 10.6. The van der Waals surface area contributed by atoms with Gasteiger partial charge < -0.3 is 20.7 Å². The molecule has 1 atom stereocenters. The molecule has 0 aliphatic carbocycles. The quantitative estimate of drug-likeness (QED) is 0.272. The maximum absolute atomic E-state index is 12.4. The number of guanidine groups is 1. The molecule has 1 aromatic heterocycles. The van der Waals surface area contributed by atoms with E-state index < -0.39 is 11.7 Å². The first-order chi connectivity index (χ1) is 14.6. The molecule has 1 heterocycles. The minimum Gasteiger partial charge on any atom is -0.444 e. The lowest BCUT2D eigenvalue weighted by molar-refractivity contribution is 0.0504. The molecule has 2 rings (SSSR count). The number of aromatic nitrogens is 2. The van der Waals surface area contributed by atoms with E-state index in [1.165, 1.54) is 5.56 Å². The Labute approximate surface area is 208 Å². The molecule has 0 saturated heterocycles. The van der Waals surface area contributed by atoms with Crippen molar-refractivity contribution in [3.63, 3.8) is 0 Å². The van der Waals surface area contributed by atoms with Gasteiger partial charge in [-0.25, -0.2) is 4.79 Å². The number of nitrogens with one attached hydrogen (secondary N) is 3. The summed E-state index contributed by atoms with van der Waals surface area (Å²) in [7, 11) is 3.61. The fourth-order valence-corrected chi connectivity index (χ4v) is 2.98. The summed E-state index contributed by atoms with van der Waals surface area (Å²) in [5.41, 5.74) is 2.71. The van der Waals surface area contributed by atoms with Gasteiger partial charge in [-0.3, -0.25) is 9.67 Å². The van der Waals surface area contributed by atoms with Gasteiger partial charge in [-0.05, 0) is 43.9 Å². The third-order valence-electron chi connectivity index (χ3n) is 4.75. The summed E-state index contributed by atoms with van der Waals surface area (Å²) in [6, 6.07) is 9.95. The Morgan fingerprint density at radius 1 is 1.12 bits per heavy atom. The molecule has 3 N–H and O–H groups in total. The summed E-state index contributed by atoms with van der Waals surface area (Å²) in [6.07, 6.45) is 1.31. The molecule has 1 aromatic carbocycles. The van der Waals surface area contributed by atoms with Crippen LogP contribution in [0.5, 0.6) is 0 Å². The number of hydrogen-bond acceptors (Lipinski definition) is 4. The zero-order valence-corrected chi connectivity index (χ0v) is 22.4. The molecule has 2 aromatic rings. The summed E-state index contributed by atoms with van der Waals surface area (Å²) in [5, 5.41) is 13.7. The number of nitrogens with zero attached hydrogens (tertiary/aromatic N) is 3. The van der Waals surface area contributed by atoms with Crippen LogP contribution in [0.15, 0.2) is 41.5 Å². The van der Waals surface area contributed by atoms with Crippen molar-refractivity contribution >= 4 is 36.0 Å². The number of hydrogen-bond donors (Lipinski definition) is 3. The third-order valence-corrected chi connectivity index (χ3v) is 4.75. The largest absolute Gasteiger partial charge is 0.444 e. The van der Waals surface area contributed by atoms with E-state index in [1.54, 1.807) is 13.2 Å². The van der Waals surface area contributed by atoms with Gasteiger partial charge in [0.25, 0.3) is 0 Å². The maximum atomic E-state index is 12.4. The standard InChI is InChI=1S/C23H36N6O2.HI/c1-16(2)17-8-10-18(11-9-17)20(28-22(30)31-23(3,4)5)15-26-21(24-6)25-14-19-12-13-27-29(19)7;/h8-13,16,20H,14-15H2,1-7H3,(H,28,30)(H2,24,25,26);1H. The number of carbonyl (C=O) groups is 1. The molecule has 9 heteroatoms. The predicted octanol–water partition coefficient (Wildman–Crippen LogP) is 4.09. The molecule has 0 aliphatic heterocycles. The first-order valence-corrected chi connectivity index (χ1v) is 10.6. The summed E-state index contributed by atoms with van der Waals surface area (Å²) < 4.78 is 7.27. The van der Waals surface area contributed by atoms with E-state index in [0.717, 1.165) is 11.3 Å². The van der Waals surface area contributed by atoms with E-state index in [-0.39, 0.29) is 30.0 Å². The lowest BCUT2D eigenvalue weighted by Crippen LogP contribution is -2.44. The molecule has 0 saturated carbocycles. The van der Waals surface area contributed by atoms with E-state index in [0.29, 0.717) is 25.0 Å². The monoisotopic (exact) mass is 556 g/mol. The maximum Gasteiger partial charge on any atom is 0.408 e. The van der Waals surface area contributed by atoms with Gasteiger partial charge >= 0.3 is 6.09 Å². The lowest BCUT2D eigenvalue weighted by Gasteiger charge is -2.25. The van der Waals surface area contributed by atoms with Crippen LogP contribution in [0.1, 0.15) is 63.4 Å². The molecule has 0 bridgehead atoms. The number of ether oxygens (including phenoxy) is 1. The van der Waals surface area contributed by atoms with Crippen molar-refractivity contribution in [2.45, 2.75) is 58.7 Å². The molecular formula is C23H37IN6O2. The van der Waals surface area contributed by atoms with Crippen molar-refractivity contribution < 1.29 is 9.53 Å². The van der Waals surface area contributed by atoms with Crippen LogP contribution in [0, 0.1) is 0 Å². The minimum absolute atomic E-state index is 0. The number of rotatable bonds is 7. The lowest BCUT2D eigenvalue weighted by atomic mass is 9.99. The van der Waals surface area contributed by atoms with Crippen LogP contribution in [0.2, 0.25) is 0 Å². The van der Waals surface area contributed by atoms with Gasteiger partial charge in [0.15, 0.2) is 5.96 Å². The average Bonchev–Trinajstić information content (AvgIpc) is 3.10. The van der Waals surface area contributed by atoms with Crippen molar-refractivity contribution in [3.8, 4) is 0 Å². The summed E-state index contributed by atoms with van der Waals surface area (Å²) in [4.78, 5) is 16.7. The van der Waals surface area contributed by atoms with E-state index >= 15 is 0 Å². The number of alkyl carbamates (subject to hydrolysis) is 1. The molecule has 32 heavy (non-hydrogen) atoms. The number of aliphatic imine (C=N–C) groups is 1. The Bertz CT molecular complexity index is 871. The fraction of sp³-hybridized carbons (Fsp3) is 0.522. The van der Waals surface area contributed by atoms with Gasteiger partial charge in [-0.2, -0.15) is 5.10 Å². The van der Waals surface area contributed by atoms with Gasteiger partial charge in [0.2, 0.25) is 0 Å². The van der Waals surface area contributed by atoms with Gasteiger partial charge in [0, 0.05) is 26.8 Å². The van der Waals surface area contributed by atoms with E-state index in [4.69, 9.17) is 4.74 Å². The van der Waals surface area contributed by atoms with E-state index in [1.807, 2.05) is 50.7 Å². The molecule has 0 fully saturated rings. The zero-order chi connectivity index (χ0) is 23.0. The van der Waals surface area contributed by atoms with Crippen LogP contribution >= 0.6 is 24.0 Å². The summed E-state index contributed by atoms with van der Waals surface area (Å²) in [6.45, 7) is 10.9. The SMILES string of the molecule is CN=C(NCc1ccnn1C)NCC(NC(=O)OC(C)(C)C)c1ccc(C(C)C)cc1.I. The number of benzene rings is 1. The second-order valence-corrected chi connectivity index (χ2v) is 8.77. The highest BCUT2D eigenvalue weighted by Crippen LogP contribution is 2.19. The van der Waals surface area contributed by atoms with Crippen molar-refractivity contribution in [1.29, 1.82) is 0 Å². The molecule has 0 spiro atoms. The van der Waals surface area contributed by atoms with Crippen LogP contribution in [0.25, 0.3) is 0 Å². The zero-order valence-electron chi connectivity index (χ0n) is 20.1. The second kappa shape index (κ2) is 12.7. The highest BCUT2D eigenvalue weighted by molar-refractivity contribution is 14.0. The first kappa shape index (κ1) is 27.7. The van der Waals surface area contributed by atoms with Gasteiger partial charge in [-0.1, -0.05) is 38.1 Å². The molecule has 1 amide bonds. The molecule has 178 valence electrons. The Morgan fingerprint density at radius 3 is 2.25 bits per heavy atom. The minimum atomic E-state index is -0.565. The van der Waals surface area contributed by atoms with Crippen molar-refractivity contribution in [1.82, 2.24) is 25.7 Å². The van der Waals surface area contributed by atoms with Crippen molar-refractivity contribution in [2.75, 3.05) is 13.6 Å². The normalized spacial score (nSPS) is 12.7. The van der Waals surface area contributed by atoms with Crippen molar-refractivity contribution in [2.24, 2.45) is 12.0 Å². The average molecular weight is 556 g/mol. The highest BCUT2D eigenvalue weighted by Gasteiger charge is 2.21. The van der Waals surface area contributed by atoms with Crippen LogP contribution in [0.3, 0.4) is 0 Å². The van der Waals surface area contributed by atoms with Gasteiger partial charge in [0.05, 0.1) is 18.3 Å². The topological polar surface area (TPSA) is 92.6 Å². The Kier molecular flexibility index (Phi) is 11.0. The molecule has 0 radical (unpaired) electrons. The molecule has 1 unspecified atom stereocenters. The summed E-state index contributed by atoms with van der Waals surface area (Å²) in [5.74, 6) is 1.08. The number of aryl methyl sites for hydroxylation is 1. The molecule has 0 aliphatic rings. The predicted molar refractivity (Wildman–Crippen MR) is 139 cm³/mol. The van der Waals surface area contributed by atoms with Crippen LogP contribution in [-0.4, -0.2) is 41.0 Å². The molecule has 8 nitrogen and oxygen atoms in total. The Balaban J connectivity index is 0.00000512. The van der Waals surface area contributed by atoms with Crippen molar-refractivity contribution in [3.05, 3.63) is 53.3 Å². The Hall–Kier alpha value is -2.30. The second-order valence-electron chi connectivity index (χ2n) is 8.77. The highest BCUT2D eigenvalue weighted by atomic mass is 127. The van der Waals surface area contributed by atoms with Gasteiger partial charge in [-0.15, -0.1) is 24.0 Å². The van der Waals surface area contributed by atoms with Crippen LogP contribution in [0.4, 0.5) is 4.79 Å².